The number of hydrogen-bond donors (Lipinski definition) is 2. The lowest BCUT2D eigenvalue weighted by atomic mass is 9.94. The number of sulfonamides is 1. The molecule has 0 fully saturated rings. The van der Waals surface area contributed by atoms with E-state index in [9.17, 15) is 8.42 Å². The van der Waals surface area contributed by atoms with Gasteiger partial charge in [-0.2, -0.15) is 0 Å². The minimum Gasteiger partial charge on any atom is -0.312 e. The lowest BCUT2D eigenvalue weighted by Gasteiger charge is -2.22. The van der Waals surface area contributed by atoms with Crippen molar-refractivity contribution in [2.75, 3.05) is 6.54 Å². The molecule has 1 atom stereocenters. The number of hydrogen-bond acceptors (Lipinski definition) is 3. The maximum absolute atomic E-state index is 12.6. The Morgan fingerprint density at radius 2 is 1.91 bits per heavy atom. The normalized spacial score (nSPS) is 19.0. The number of allylic oxidation sites excluding steroid dienone is 2. The first-order chi connectivity index (χ1) is 10.8. The van der Waals surface area contributed by atoms with Crippen LogP contribution in [0.3, 0.4) is 0 Å². The summed E-state index contributed by atoms with van der Waals surface area (Å²) in [6.45, 7) is 7.04. The van der Waals surface area contributed by atoms with Crippen LogP contribution in [0.2, 0.25) is 0 Å². The summed E-state index contributed by atoms with van der Waals surface area (Å²) in [4.78, 5) is 0.367. The molecule has 0 aromatic heterocycles. The summed E-state index contributed by atoms with van der Waals surface area (Å²) in [5.74, 6) is 0.650. The maximum atomic E-state index is 12.6. The van der Waals surface area contributed by atoms with E-state index in [1.54, 1.807) is 12.1 Å². The Morgan fingerprint density at radius 3 is 2.57 bits per heavy atom. The van der Waals surface area contributed by atoms with E-state index in [-0.39, 0.29) is 0 Å². The molecular formula is C18H28N2O2S. The smallest absolute Gasteiger partial charge is 0.241 e. The predicted molar refractivity (Wildman–Crippen MR) is 94.7 cm³/mol. The summed E-state index contributed by atoms with van der Waals surface area (Å²) in [7, 11) is -3.51. The summed E-state index contributed by atoms with van der Waals surface area (Å²) in [5.41, 5.74) is 0.323. The fourth-order valence-electron chi connectivity index (χ4n) is 2.82. The van der Waals surface area contributed by atoms with Crippen LogP contribution in [-0.4, -0.2) is 20.5 Å². The van der Waals surface area contributed by atoms with Gasteiger partial charge in [0.15, 0.2) is 0 Å². The summed E-state index contributed by atoms with van der Waals surface area (Å²) in [5, 5.41) is 3.42. The molecule has 1 aromatic rings. The summed E-state index contributed by atoms with van der Waals surface area (Å²) >= 11 is 0. The monoisotopic (exact) mass is 336 g/mol. The second-order valence-corrected chi connectivity index (χ2v) is 8.90. The van der Waals surface area contributed by atoms with Crippen molar-refractivity contribution in [1.29, 1.82) is 0 Å². The molecule has 1 aromatic carbocycles. The van der Waals surface area contributed by atoms with Crippen LogP contribution < -0.4 is 10.0 Å². The van der Waals surface area contributed by atoms with Crippen LogP contribution in [0.5, 0.6) is 0 Å². The average Bonchev–Trinajstić information content (AvgIpc) is 2.46. The van der Waals surface area contributed by atoms with Gasteiger partial charge in [-0.25, -0.2) is 13.1 Å². The van der Waals surface area contributed by atoms with Gasteiger partial charge in [-0.1, -0.05) is 30.4 Å². The molecule has 128 valence electrons. The molecule has 2 N–H and O–H groups in total. The fourth-order valence-corrected chi connectivity index (χ4v) is 4.48. The first-order valence-electron chi connectivity index (χ1n) is 8.25. The van der Waals surface area contributed by atoms with Gasteiger partial charge in [0, 0.05) is 12.1 Å². The quantitative estimate of drug-likeness (QED) is 0.784. The van der Waals surface area contributed by atoms with Crippen LogP contribution in [0.1, 0.15) is 45.6 Å². The van der Waals surface area contributed by atoms with Crippen molar-refractivity contribution < 1.29 is 8.42 Å². The van der Waals surface area contributed by atoms with E-state index in [1.165, 1.54) is 6.42 Å². The Kier molecular flexibility index (Phi) is 6.00. The van der Waals surface area contributed by atoms with Gasteiger partial charge in [0.25, 0.3) is 0 Å². The van der Waals surface area contributed by atoms with E-state index in [2.05, 4.69) is 22.2 Å². The molecule has 5 heteroatoms. The van der Waals surface area contributed by atoms with Crippen molar-refractivity contribution in [3.63, 3.8) is 0 Å². The van der Waals surface area contributed by atoms with E-state index >= 15 is 0 Å². The second kappa shape index (κ2) is 7.60. The highest BCUT2D eigenvalue weighted by Crippen LogP contribution is 2.19. The Bertz CT molecular complexity index is 645. The second-order valence-electron chi connectivity index (χ2n) is 7.24. The molecule has 0 saturated carbocycles. The molecule has 4 nitrogen and oxygen atoms in total. The van der Waals surface area contributed by atoms with Crippen LogP contribution in [0.15, 0.2) is 41.3 Å². The average molecular weight is 337 g/mol. The fraction of sp³-hybridized carbons (Fsp3) is 0.556. The van der Waals surface area contributed by atoms with E-state index in [4.69, 9.17) is 0 Å². The molecule has 0 radical (unpaired) electrons. The van der Waals surface area contributed by atoms with Crippen LogP contribution >= 0.6 is 0 Å². The number of rotatable bonds is 6. The molecule has 0 aliphatic heterocycles. The van der Waals surface area contributed by atoms with Gasteiger partial charge in [-0.05, 0) is 64.1 Å². The zero-order chi connectivity index (χ0) is 16.9. The molecule has 0 amide bonds. The molecule has 1 aliphatic carbocycles. The Labute approximate surface area is 140 Å². The lowest BCUT2D eigenvalue weighted by Crippen LogP contribution is -2.41. The molecule has 0 bridgehead atoms. The summed E-state index contributed by atoms with van der Waals surface area (Å²) in [6, 6.07) is 7.21. The largest absolute Gasteiger partial charge is 0.312 e. The summed E-state index contributed by atoms with van der Waals surface area (Å²) in [6.07, 6.45) is 7.93. The first-order valence-corrected chi connectivity index (χ1v) is 9.74. The van der Waals surface area contributed by atoms with Crippen molar-refractivity contribution in [3.05, 3.63) is 42.0 Å². The third kappa shape index (κ3) is 5.75. The predicted octanol–water partition coefficient (Wildman–Crippen LogP) is 3.21. The minimum absolute atomic E-state index is 0.367. The van der Waals surface area contributed by atoms with Crippen LogP contribution in [0.25, 0.3) is 0 Å². The Morgan fingerprint density at radius 1 is 1.17 bits per heavy atom. The van der Waals surface area contributed by atoms with E-state index in [0.29, 0.717) is 17.4 Å². The third-order valence-corrected chi connectivity index (χ3v) is 5.69. The van der Waals surface area contributed by atoms with Crippen LogP contribution in [0.4, 0.5) is 0 Å². The van der Waals surface area contributed by atoms with Crippen LogP contribution in [-0.2, 0) is 16.6 Å². The van der Waals surface area contributed by atoms with E-state index < -0.39 is 15.6 Å². The van der Waals surface area contributed by atoms with Gasteiger partial charge in [0.2, 0.25) is 10.0 Å². The lowest BCUT2D eigenvalue weighted by molar-refractivity contribution is 0.439. The highest BCUT2D eigenvalue weighted by Gasteiger charge is 2.24. The first kappa shape index (κ1) is 18.2. The van der Waals surface area contributed by atoms with Gasteiger partial charge in [-0.3, -0.25) is 0 Å². The highest BCUT2D eigenvalue weighted by atomic mass is 32.2. The Balaban J connectivity index is 2.04. The van der Waals surface area contributed by atoms with Crippen molar-refractivity contribution in [2.45, 2.75) is 57.0 Å². The van der Waals surface area contributed by atoms with E-state index in [1.807, 2.05) is 32.9 Å². The van der Waals surface area contributed by atoms with Gasteiger partial charge in [-0.15, -0.1) is 0 Å². The minimum atomic E-state index is -3.51. The highest BCUT2D eigenvalue weighted by molar-refractivity contribution is 7.89. The molecule has 0 spiro atoms. The van der Waals surface area contributed by atoms with Gasteiger partial charge < -0.3 is 5.32 Å². The van der Waals surface area contributed by atoms with Crippen molar-refractivity contribution in [3.8, 4) is 0 Å². The zero-order valence-electron chi connectivity index (χ0n) is 14.3. The molecule has 1 aliphatic rings. The third-order valence-electron chi connectivity index (χ3n) is 3.83. The van der Waals surface area contributed by atoms with Gasteiger partial charge in [0.05, 0.1) is 4.90 Å². The number of benzene rings is 1. The molecule has 1 unspecified atom stereocenters. The zero-order valence-corrected chi connectivity index (χ0v) is 15.1. The standard InChI is InChI=1S/C18H28N2O2S/c1-18(2,3)20-23(21,22)17-12-8-7-11-16(17)14-19-13-15-9-5-4-6-10-15/h4-5,7-8,11-12,15,19-20H,6,9-10,13-14H2,1-3H3. The van der Waals surface area contributed by atoms with Crippen LogP contribution in [0, 0.1) is 5.92 Å². The molecule has 0 saturated heterocycles. The van der Waals surface area contributed by atoms with Crippen molar-refractivity contribution in [1.82, 2.24) is 10.0 Å². The topological polar surface area (TPSA) is 58.2 Å². The molecule has 0 heterocycles. The molecule has 23 heavy (non-hydrogen) atoms. The Hall–Kier alpha value is -1.17. The maximum Gasteiger partial charge on any atom is 0.241 e. The summed E-state index contributed by atoms with van der Waals surface area (Å²) < 4.78 is 27.9. The van der Waals surface area contributed by atoms with Gasteiger partial charge >= 0.3 is 0 Å². The molecule has 2 rings (SSSR count). The van der Waals surface area contributed by atoms with E-state index in [0.717, 1.165) is 24.9 Å². The molecular weight excluding hydrogens is 308 g/mol. The SMILES string of the molecule is CC(C)(C)NS(=O)(=O)c1ccccc1CNCC1CC=CCC1. The van der Waals surface area contributed by atoms with Crippen molar-refractivity contribution in [2.24, 2.45) is 5.92 Å². The van der Waals surface area contributed by atoms with Crippen molar-refractivity contribution >= 4 is 10.0 Å². The number of nitrogens with one attached hydrogen (secondary N) is 2. The van der Waals surface area contributed by atoms with Gasteiger partial charge in [0.1, 0.15) is 0 Å².